The molecule has 0 saturated heterocycles. The summed E-state index contributed by atoms with van der Waals surface area (Å²) in [5, 5.41) is 11.0. The van der Waals surface area contributed by atoms with Crippen LogP contribution in [0.25, 0.3) is 0 Å². The largest absolute Gasteiger partial charge is 0.394 e. The predicted octanol–water partition coefficient (Wildman–Crippen LogP) is -0.340. The summed E-state index contributed by atoms with van der Waals surface area (Å²) in [7, 11) is 0. The van der Waals surface area contributed by atoms with Gasteiger partial charge in [-0.3, -0.25) is 4.79 Å². The average Bonchev–Trinajstić information content (AvgIpc) is 1.82. The van der Waals surface area contributed by atoms with Gasteiger partial charge in [0, 0.05) is 0 Å². The molecule has 9 heavy (non-hydrogen) atoms. The Kier molecular flexibility index (Phi) is 4.05. The molecule has 3 nitrogen and oxygen atoms in total. The summed E-state index contributed by atoms with van der Waals surface area (Å²) in [5.41, 5.74) is 0. The number of aliphatic hydroxyl groups excluding tert-OH is 1. The van der Waals surface area contributed by atoms with Crippen molar-refractivity contribution < 1.29 is 9.90 Å². The van der Waals surface area contributed by atoms with Gasteiger partial charge in [-0.2, -0.15) is 0 Å². The molecule has 1 radical (unpaired) electrons. The topological polar surface area (TPSA) is 49.3 Å². The number of aliphatic hydroxyl groups is 1. The SMILES string of the molecule is CC(C)C(CO)N[C]=O. The van der Waals surface area contributed by atoms with Crippen LogP contribution in [0.3, 0.4) is 0 Å². The standard InChI is InChI=1S/C6H12NO2/c1-5(2)6(3-8)7-4-9/h5-6,8H,3H2,1-2H3,(H,7,9). The maximum Gasteiger partial charge on any atom is 0.309 e. The van der Waals surface area contributed by atoms with Gasteiger partial charge in [-0.15, -0.1) is 0 Å². The molecule has 0 aliphatic rings. The molecule has 0 aliphatic carbocycles. The lowest BCUT2D eigenvalue weighted by atomic mass is 10.1. The first kappa shape index (κ1) is 8.43. The van der Waals surface area contributed by atoms with E-state index < -0.39 is 0 Å². The van der Waals surface area contributed by atoms with Crippen LogP contribution in [-0.2, 0) is 4.79 Å². The summed E-state index contributed by atoms with van der Waals surface area (Å²) in [6.07, 6.45) is 1.54. The van der Waals surface area contributed by atoms with Crippen LogP contribution in [0.1, 0.15) is 13.8 Å². The van der Waals surface area contributed by atoms with Crippen molar-refractivity contribution in [2.24, 2.45) is 5.92 Å². The molecule has 2 N–H and O–H groups in total. The van der Waals surface area contributed by atoms with E-state index in [4.69, 9.17) is 5.11 Å². The highest BCUT2D eigenvalue weighted by Crippen LogP contribution is 1.97. The Labute approximate surface area is 55.1 Å². The number of carbonyl (C=O) groups excluding carboxylic acids is 1. The highest BCUT2D eigenvalue weighted by atomic mass is 16.3. The van der Waals surface area contributed by atoms with Crippen molar-refractivity contribution in [3.05, 3.63) is 0 Å². The third kappa shape index (κ3) is 3.08. The minimum Gasteiger partial charge on any atom is -0.394 e. The van der Waals surface area contributed by atoms with Gasteiger partial charge in [0.25, 0.3) is 0 Å². The fourth-order valence-corrected chi connectivity index (χ4v) is 0.499. The van der Waals surface area contributed by atoms with Crippen LogP contribution in [0.4, 0.5) is 0 Å². The van der Waals surface area contributed by atoms with Crippen LogP contribution in [0, 0.1) is 5.92 Å². The Morgan fingerprint density at radius 3 is 2.33 bits per heavy atom. The van der Waals surface area contributed by atoms with E-state index in [-0.39, 0.29) is 18.6 Å². The van der Waals surface area contributed by atoms with Gasteiger partial charge in [0.05, 0.1) is 12.6 Å². The Hall–Kier alpha value is -0.570. The Bertz CT molecular complexity index is 83.1. The van der Waals surface area contributed by atoms with E-state index in [2.05, 4.69) is 5.32 Å². The van der Waals surface area contributed by atoms with Gasteiger partial charge in [-0.05, 0) is 5.92 Å². The number of amides is 1. The first-order valence-electron chi connectivity index (χ1n) is 2.96. The summed E-state index contributed by atoms with van der Waals surface area (Å²) in [4.78, 5) is 9.73. The molecule has 0 fully saturated rings. The number of hydrogen-bond acceptors (Lipinski definition) is 2. The third-order valence-corrected chi connectivity index (χ3v) is 1.25. The molecule has 0 bridgehead atoms. The van der Waals surface area contributed by atoms with Crippen LogP contribution >= 0.6 is 0 Å². The molecular weight excluding hydrogens is 118 g/mol. The zero-order valence-electron chi connectivity index (χ0n) is 5.72. The quantitative estimate of drug-likeness (QED) is 0.511. The van der Waals surface area contributed by atoms with Crippen molar-refractivity contribution in [1.29, 1.82) is 0 Å². The Morgan fingerprint density at radius 2 is 2.22 bits per heavy atom. The van der Waals surface area contributed by atoms with Crippen molar-refractivity contribution in [2.75, 3.05) is 6.61 Å². The molecule has 0 saturated carbocycles. The fraction of sp³-hybridized carbons (Fsp3) is 0.833. The van der Waals surface area contributed by atoms with Crippen LogP contribution in [-0.4, -0.2) is 24.2 Å². The minimum atomic E-state index is -0.150. The lowest BCUT2D eigenvalue weighted by Crippen LogP contribution is -2.35. The van der Waals surface area contributed by atoms with Crippen molar-refractivity contribution in [2.45, 2.75) is 19.9 Å². The van der Waals surface area contributed by atoms with Crippen LogP contribution in [0.2, 0.25) is 0 Å². The molecule has 1 unspecified atom stereocenters. The second-order valence-electron chi connectivity index (χ2n) is 2.28. The maximum atomic E-state index is 9.73. The molecule has 0 heterocycles. The van der Waals surface area contributed by atoms with E-state index in [0.717, 1.165) is 0 Å². The van der Waals surface area contributed by atoms with Gasteiger partial charge in [-0.25, -0.2) is 0 Å². The number of nitrogens with one attached hydrogen (secondary N) is 1. The van der Waals surface area contributed by atoms with E-state index in [1.807, 2.05) is 13.8 Å². The van der Waals surface area contributed by atoms with Gasteiger partial charge in [0.15, 0.2) is 0 Å². The smallest absolute Gasteiger partial charge is 0.309 e. The predicted molar refractivity (Wildman–Crippen MR) is 34.5 cm³/mol. The summed E-state index contributed by atoms with van der Waals surface area (Å²) in [6, 6.07) is -0.150. The number of rotatable bonds is 4. The minimum absolute atomic E-state index is 0.0209. The average molecular weight is 130 g/mol. The van der Waals surface area contributed by atoms with E-state index in [1.54, 1.807) is 6.41 Å². The molecule has 3 heteroatoms. The van der Waals surface area contributed by atoms with E-state index in [9.17, 15) is 4.79 Å². The second-order valence-corrected chi connectivity index (χ2v) is 2.28. The monoisotopic (exact) mass is 130 g/mol. The normalized spacial score (nSPS) is 13.3. The lowest BCUT2D eigenvalue weighted by molar-refractivity contribution is 0.225. The van der Waals surface area contributed by atoms with Crippen molar-refractivity contribution in [3.63, 3.8) is 0 Å². The van der Waals surface area contributed by atoms with Gasteiger partial charge in [0.2, 0.25) is 0 Å². The molecular formula is C6H12NO2. The highest BCUT2D eigenvalue weighted by Gasteiger charge is 2.09. The molecule has 53 valence electrons. The molecule has 1 atom stereocenters. The van der Waals surface area contributed by atoms with E-state index >= 15 is 0 Å². The maximum absolute atomic E-state index is 9.73. The first-order chi connectivity index (χ1) is 4.22. The summed E-state index contributed by atoms with van der Waals surface area (Å²) < 4.78 is 0. The third-order valence-electron chi connectivity index (χ3n) is 1.25. The highest BCUT2D eigenvalue weighted by molar-refractivity contribution is 5.47. The summed E-state index contributed by atoms with van der Waals surface area (Å²) >= 11 is 0. The number of hydrogen-bond donors (Lipinski definition) is 2. The van der Waals surface area contributed by atoms with Gasteiger partial charge >= 0.3 is 6.41 Å². The van der Waals surface area contributed by atoms with Crippen molar-refractivity contribution >= 4 is 6.41 Å². The van der Waals surface area contributed by atoms with Crippen LogP contribution in [0.15, 0.2) is 0 Å². The van der Waals surface area contributed by atoms with Crippen LogP contribution < -0.4 is 5.32 Å². The molecule has 0 aromatic carbocycles. The lowest BCUT2D eigenvalue weighted by Gasteiger charge is -2.15. The van der Waals surface area contributed by atoms with Gasteiger partial charge < -0.3 is 10.4 Å². The van der Waals surface area contributed by atoms with E-state index in [1.165, 1.54) is 0 Å². The van der Waals surface area contributed by atoms with Crippen molar-refractivity contribution in [1.82, 2.24) is 5.32 Å². The summed E-state index contributed by atoms with van der Waals surface area (Å²) in [5.74, 6) is 0.261. The molecule has 0 spiro atoms. The summed E-state index contributed by atoms with van der Waals surface area (Å²) in [6.45, 7) is 3.82. The van der Waals surface area contributed by atoms with E-state index in [0.29, 0.717) is 0 Å². The Balaban J connectivity index is 3.53. The molecule has 0 aromatic rings. The molecule has 0 aromatic heterocycles. The fourth-order valence-electron chi connectivity index (χ4n) is 0.499. The first-order valence-corrected chi connectivity index (χ1v) is 2.96. The van der Waals surface area contributed by atoms with Gasteiger partial charge in [0.1, 0.15) is 0 Å². The van der Waals surface area contributed by atoms with Crippen LogP contribution in [0.5, 0.6) is 0 Å². The zero-order valence-corrected chi connectivity index (χ0v) is 5.72. The zero-order chi connectivity index (χ0) is 7.28. The van der Waals surface area contributed by atoms with Crippen molar-refractivity contribution in [3.8, 4) is 0 Å². The second kappa shape index (κ2) is 4.32. The van der Waals surface area contributed by atoms with Gasteiger partial charge in [-0.1, -0.05) is 13.8 Å². The Morgan fingerprint density at radius 1 is 1.67 bits per heavy atom. The molecule has 0 rings (SSSR count). The molecule has 1 amide bonds. The molecule has 0 aliphatic heterocycles.